The van der Waals surface area contributed by atoms with Gasteiger partial charge in [-0.1, -0.05) is 6.42 Å². The molecule has 0 aromatic rings. The van der Waals surface area contributed by atoms with Crippen molar-refractivity contribution in [1.29, 1.82) is 0 Å². The molecule has 2 atom stereocenters. The fraction of sp³-hybridized carbons (Fsp3) is 0.833. The van der Waals surface area contributed by atoms with E-state index in [1.807, 2.05) is 0 Å². The van der Waals surface area contributed by atoms with E-state index in [2.05, 4.69) is 4.72 Å². The summed E-state index contributed by atoms with van der Waals surface area (Å²) in [5.74, 6) is -1.61. The average Bonchev–Trinajstić information content (AvgIpc) is 2.31. The molecule has 0 spiro atoms. The largest absolute Gasteiger partial charge is 0.481 e. The lowest BCUT2D eigenvalue weighted by Crippen LogP contribution is -2.43. The van der Waals surface area contributed by atoms with Crippen LogP contribution in [0.15, 0.2) is 0 Å². The summed E-state index contributed by atoms with van der Waals surface area (Å²) >= 11 is 0. The minimum Gasteiger partial charge on any atom is -0.481 e. The summed E-state index contributed by atoms with van der Waals surface area (Å²) < 4.78 is 23.4. The van der Waals surface area contributed by atoms with Crippen molar-refractivity contribution in [1.82, 2.24) is 4.72 Å². The van der Waals surface area contributed by atoms with E-state index >= 15 is 0 Å². The van der Waals surface area contributed by atoms with Gasteiger partial charge in [-0.25, -0.2) is 5.14 Å². The Kier molecular flexibility index (Phi) is 2.89. The van der Waals surface area contributed by atoms with E-state index < -0.39 is 28.1 Å². The Bertz CT molecular complexity index is 300. The molecule has 0 aromatic carbocycles. The Morgan fingerprint density at radius 1 is 1.46 bits per heavy atom. The summed E-state index contributed by atoms with van der Waals surface area (Å²) in [5.41, 5.74) is 0. The standard InChI is InChI=1S/C6H12N2O4S/c7-13(11,12)8-5-3-1-2-4(5)6(9)10/h4-5,8H,1-3H2,(H,9,10)(H2,7,11,12)/t4-,5+/m0/s1. The zero-order valence-corrected chi connectivity index (χ0v) is 7.75. The van der Waals surface area contributed by atoms with Gasteiger partial charge in [0.25, 0.3) is 10.2 Å². The monoisotopic (exact) mass is 208 g/mol. The van der Waals surface area contributed by atoms with E-state index in [1.165, 1.54) is 0 Å². The number of nitrogens with two attached hydrogens (primary N) is 1. The highest BCUT2D eigenvalue weighted by Gasteiger charge is 2.34. The molecule has 0 amide bonds. The molecule has 0 bridgehead atoms. The van der Waals surface area contributed by atoms with E-state index in [0.29, 0.717) is 19.3 Å². The van der Waals surface area contributed by atoms with Crippen LogP contribution in [0.5, 0.6) is 0 Å². The minimum atomic E-state index is -3.79. The van der Waals surface area contributed by atoms with Gasteiger partial charge in [0.15, 0.2) is 0 Å². The zero-order valence-electron chi connectivity index (χ0n) is 6.93. The quantitative estimate of drug-likeness (QED) is 0.554. The van der Waals surface area contributed by atoms with Gasteiger partial charge in [0.2, 0.25) is 0 Å². The lowest BCUT2D eigenvalue weighted by molar-refractivity contribution is -0.141. The second-order valence-electron chi connectivity index (χ2n) is 3.14. The van der Waals surface area contributed by atoms with Gasteiger partial charge >= 0.3 is 5.97 Å². The molecule has 0 saturated heterocycles. The van der Waals surface area contributed by atoms with Crippen LogP contribution in [0.1, 0.15) is 19.3 Å². The maximum Gasteiger partial charge on any atom is 0.308 e. The summed E-state index contributed by atoms with van der Waals surface area (Å²) in [6.45, 7) is 0. The molecule has 4 N–H and O–H groups in total. The molecule has 0 aromatic heterocycles. The van der Waals surface area contributed by atoms with Crippen molar-refractivity contribution in [3.8, 4) is 0 Å². The molecule has 1 aliphatic carbocycles. The Morgan fingerprint density at radius 2 is 2.08 bits per heavy atom. The lowest BCUT2D eigenvalue weighted by atomic mass is 10.1. The molecule has 1 fully saturated rings. The van der Waals surface area contributed by atoms with Gasteiger partial charge in [0.1, 0.15) is 0 Å². The van der Waals surface area contributed by atoms with Crippen LogP contribution in [-0.4, -0.2) is 25.5 Å². The van der Waals surface area contributed by atoms with E-state index in [1.54, 1.807) is 0 Å². The van der Waals surface area contributed by atoms with Gasteiger partial charge in [-0.05, 0) is 12.8 Å². The third-order valence-corrected chi connectivity index (χ3v) is 2.78. The van der Waals surface area contributed by atoms with Crippen LogP contribution in [-0.2, 0) is 15.0 Å². The predicted molar refractivity (Wildman–Crippen MR) is 45.0 cm³/mol. The number of carboxylic acid groups (broad SMARTS) is 1. The first-order valence-electron chi connectivity index (χ1n) is 3.93. The topological polar surface area (TPSA) is 109 Å². The number of aliphatic carboxylic acids is 1. The van der Waals surface area contributed by atoms with E-state index in [-0.39, 0.29) is 0 Å². The van der Waals surface area contributed by atoms with Crippen LogP contribution in [0.4, 0.5) is 0 Å². The maximum absolute atomic E-state index is 10.6. The zero-order chi connectivity index (χ0) is 10.1. The summed E-state index contributed by atoms with van der Waals surface area (Å²) in [6, 6.07) is -0.549. The highest BCUT2D eigenvalue weighted by atomic mass is 32.2. The van der Waals surface area contributed by atoms with Gasteiger partial charge in [-0.15, -0.1) is 0 Å². The molecule has 0 unspecified atom stereocenters. The summed E-state index contributed by atoms with van der Waals surface area (Å²) in [7, 11) is -3.79. The Hall–Kier alpha value is -0.660. The van der Waals surface area contributed by atoms with Crippen LogP contribution in [0, 0.1) is 5.92 Å². The molecule has 6 nitrogen and oxygen atoms in total. The molecule has 7 heteroatoms. The van der Waals surface area contributed by atoms with Gasteiger partial charge in [0.05, 0.1) is 5.92 Å². The maximum atomic E-state index is 10.6. The molecule has 0 heterocycles. The normalized spacial score (nSPS) is 29.0. The molecular formula is C6H12N2O4S. The van der Waals surface area contributed by atoms with Crippen molar-refractivity contribution < 1.29 is 18.3 Å². The van der Waals surface area contributed by atoms with Gasteiger partial charge in [-0.3, -0.25) is 4.79 Å². The van der Waals surface area contributed by atoms with Crippen LogP contribution < -0.4 is 9.86 Å². The molecule has 13 heavy (non-hydrogen) atoms. The van der Waals surface area contributed by atoms with Gasteiger partial charge in [-0.2, -0.15) is 13.1 Å². The smallest absolute Gasteiger partial charge is 0.308 e. The first-order chi connectivity index (χ1) is 5.90. The second-order valence-corrected chi connectivity index (χ2v) is 4.47. The van der Waals surface area contributed by atoms with Gasteiger partial charge < -0.3 is 5.11 Å². The SMILES string of the molecule is NS(=O)(=O)N[C@@H]1CCC[C@@H]1C(=O)O. The fourth-order valence-corrected chi connectivity index (χ4v) is 2.31. The van der Waals surface area contributed by atoms with Crippen molar-refractivity contribution >= 4 is 16.2 Å². The molecule has 1 rings (SSSR count). The van der Waals surface area contributed by atoms with Crippen molar-refractivity contribution in [2.45, 2.75) is 25.3 Å². The Morgan fingerprint density at radius 3 is 2.54 bits per heavy atom. The second kappa shape index (κ2) is 3.60. The van der Waals surface area contributed by atoms with Gasteiger partial charge in [0, 0.05) is 6.04 Å². The predicted octanol–water partition coefficient (Wildman–Crippen LogP) is -0.967. The number of carbonyl (C=O) groups is 1. The first kappa shape index (κ1) is 10.4. The molecule has 1 saturated carbocycles. The number of hydrogen-bond acceptors (Lipinski definition) is 3. The summed E-state index contributed by atoms with van der Waals surface area (Å²) in [4.78, 5) is 10.6. The molecule has 0 aliphatic heterocycles. The molecule has 76 valence electrons. The molecule has 1 aliphatic rings. The summed E-state index contributed by atoms with van der Waals surface area (Å²) in [5, 5.41) is 13.5. The van der Waals surface area contributed by atoms with Crippen LogP contribution in [0.2, 0.25) is 0 Å². The lowest BCUT2D eigenvalue weighted by Gasteiger charge is -2.15. The highest BCUT2D eigenvalue weighted by molar-refractivity contribution is 7.87. The average molecular weight is 208 g/mol. The van der Waals surface area contributed by atoms with Crippen LogP contribution in [0.25, 0.3) is 0 Å². The molecule has 0 radical (unpaired) electrons. The number of rotatable bonds is 3. The summed E-state index contributed by atoms with van der Waals surface area (Å²) in [6.07, 6.45) is 1.75. The third kappa shape index (κ3) is 2.94. The van der Waals surface area contributed by atoms with E-state index in [0.717, 1.165) is 0 Å². The van der Waals surface area contributed by atoms with E-state index in [9.17, 15) is 13.2 Å². The minimum absolute atomic E-state index is 0.502. The number of carboxylic acids is 1. The Labute approximate surface area is 76.3 Å². The highest BCUT2D eigenvalue weighted by Crippen LogP contribution is 2.25. The first-order valence-corrected chi connectivity index (χ1v) is 5.47. The van der Waals surface area contributed by atoms with Crippen molar-refractivity contribution in [2.75, 3.05) is 0 Å². The van der Waals surface area contributed by atoms with E-state index in [4.69, 9.17) is 10.2 Å². The molecular weight excluding hydrogens is 196 g/mol. The third-order valence-electron chi connectivity index (χ3n) is 2.15. The number of nitrogens with one attached hydrogen (secondary N) is 1. The van der Waals surface area contributed by atoms with Crippen LogP contribution >= 0.6 is 0 Å². The van der Waals surface area contributed by atoms with Crippen LogP contribution in [0.3, 0.4) is 0 Å². The van der Waals surface area contributed by atoms with Crippen molar-refractivity contribution in [2.24, 2.45) is 11.1 Å². The van der Waals surface area contributed by atoms with Crippen molar-refractivity contribution in [3.63, 3.8) is 0 Å². The fourth-order valence-electron chi connectivity index (χ4n) is 1.61. The number of hydrogen-bond donors (Lipinski definition) is 3. The van der Waals surface area contributed by atoms with Crippen molar-refractivity contribution in [3.05, 3.63) is 0 Å². The Balaban J connectivity index is 2.64.